The summed E-state index contributed by atoms with van der Waals surface area (Å²) in [5.74, 6) is -0.259. The molecule has 2 aliphatic carbocycles. The third-order valence-electron chi connectivity index (χ3n) is 3.52. The molecule has 2 rings (SSSR count). The van der Waals surface area contributed by atoms with Gasteiger partial charge >= 0.3 is 0 Å². The van der Waals surface area contributed by atoms with Crippen molar-refractivity contribution in [2.24, 2.45) is 5.41 Å². The van der Waals surface area contributed by atoms with E-state index in [1.54, 1.807) is 6.92 Å². The molecular weight excluding hydrogens is 185 g/mol. The summed E-state index contributed by atoms with van der Waals surface area (Å²) in [4.78, 5) is 11.5. The molecule has 0 radical (unpaired) electrons. The van der Waals surface area contributed by atoms with Gasteiger partial charge in [-0.15, -0.1) is 0 Å². The van der Waals surface area contributed by atoms with Crippen LogP contribution in [0.1, 0.15) is 32.6 Å². The van der Waals surface area contributed by atoms with Crippen molar-refractivity contribution in [2.45, 2.75) is 44.4 Å². The first-order chi connectivity index (χ1) is 6.46. The number of rotatable bonds is 3. The smallest absolute Gasteiger partial charge is 0.229 e. The van der Waals surface area contributed by atoms with E-state index in [1.165, 1.54) is 0 Å². The molecule has 80 valence electrons. The maximum absolute atomic E-state index is 12.8. The first-order valence-corrected chi connectivity index (χ1v) is 5.11. The van der Waals surface area contributed by atoms with Gasteiger partial charge in [-0.1, -0.05) is 0 Å². The molecule has 0 spiro atoms. The minimum atomic E-state index is -1.00. The number of aliphatic hydroxyl groups is 1. The molecule has 0 aliphatic heterocycles. The second kappa shape index (κ2) is 2.92. The van der Waals surface area contributed by atoms with Crippen molar-refractivity contribution in [1.82, 2.24) is 5.32 Å². The number of carbonyl (C=O) groups excluding carboxylic acids is 1. The van der Waals surface area contributed by atoms with Gasteiger partial charge in [0.15, 0.2) is 0 Å². The van der Waals surface area contributed by atoms with Crippen LogP contribution < -0.4 is 5.32 Å². The van der Waals surface area contributed by atoms with Crippen LogP contribution in [0.2, 0.25) is 0 Å². The van der Waals surface area contributed by atoms with E-state index < -0.39 is 17.2 Å². The number of halogens is 1. The minimum absolute atomic E-state index is 0.259. The Hall–Kier alpha value is -0.640. The van der Waals surface area contributed by atoms with Crippen LogP contribution in [0.4, 0.5) is 4.39 Å². The first-order valence-electron chi connectivity index (χ1n) is 5.11. The summed E-state index contributed by atoms with van der Waals surface area (Å²) < 4.78 is 12.8. The summed E-state index contributed by atoms with van der Waals surface area (Å²) >= 11 is 0. The SMILES string of the molecule is CC1(C(=O)NCC2(O)CCC2)CC1F. The van der Waals surface area contributed by atoms with E-state index in [0.29, 0.717) is 6.42 Å². The fourth-order valence-electron chi connectivity index (χ4n) is 1.76. The van der Waals surface area contributed by atoms with Crippen molar-refractivity contribution in [3.05, 3.63) is 0 Å². The minimum Gasteiger partial charge on any atom is -0.388 e. The highest BCUT2D eigenvalue weighted by Gasteiger charge is 2.57. The normalized spacial score (nSPS) is 38.6. The van der Waals surface area contributed by atoms with Crippen LogP contribution in [-0.2, 0) is 4.79 Å². The molecule has 2 N–H and O–H groups in total. The van der Waals surface area contributed by atoms with Crippen molar-refractivity contribution >= 4 is 5.91 Å². The second-order valence-electron chi connectivity index (χ2n) is 4.85. The molecule has 2 aliphatic rings. The third-order valence-corrected chi connectivity index (χ3v) is 3.52. The van der Waals surface area contributed by atoms with Crippen LogP contribution in [-0.4, -0.2) is 29.3 Å². The van der Waals surface area contributed by atoms with Gasteiger partial charge in [-0.05, 0) is 32.6 Å². The maximum Gasteiger partial charge on any atom is 0.229 e. The van der Waals surface area contributed by atoms with E-state index in [-0.39, 0.29) is 12.5 Å². The van der Waals surface area contributed by atoms with Gasteiger partial charge in [0, 0.05) is 6.54 Å². The fraction of sp³-hybridized carbons (Fsp3) is 0.900. The van der Waals surface area contributed by atoms with Crippen LogP contribution in [0.15, 0.2) is 0 Å². The summed E-state index contributed by atoms with van der Waals surface area (Å²) in [6, 6.07) is 0. The van der Waals surface area contributed by atoms with E-state index in [2.05, 4.69) is 5.32 Å². The Kier molecular flexibility index (Phi) is 2.07. The molecule has 2 saturated carbocycles. The highest BCUT2D eigenvalue weighted by atomic mass is 19.1. The van der Waals surface area contributed by atoms with Crippen molar-refractivity contribution in [2.75, 3.05) is 6.54 Å². The van der Waals surface area contributed by atoms with Gasteiger partial charge in [0.1, 0.15) is 6.17 Å². The predicted octanol–water partition coefficient (Wildman–Crippen LogP) is 0.766. The van der Waals surface area contributed by atoms with Crippen LogP contribution in [0.25, 0.3) is 0 Å². The summed E-state index contributed by atoms with van der Waals surface area (Å²) in [5.41, 5.74) is -1.53. The Morgan fingerprint density at radius 3 is 2.57 bits per heavy atom. The molecule has 3 nitrogen and oxygen atoms in total. The Balaban J connectivity index is 1.78. The molecule has 4 heteroatoms. The van der Waals surface area contributed by atoms with Gasteiger partial charge in [-0.3, -0.25) is 4.79 Å². The molecule has 0 aromatic rings. The highest BCUT2D eigenvalue weighted by Crippen LogP contribution is 2.48. The lowest BCUT2D eigenvalue weighted by atomic mass is 9.80. The van der Waals surface area contributed by atoms with Crippen molar-refractivity contribution in [3.63, 3.8) is 0 Å². The molecule has 2 unspecified atom stereocenters. The van der Waals surface area contributed by atoms with E-state index in [9.17, 15) is 14.3 Å². The molecule has 0 bridgehead atoms. The number of alkyl halides is 1. The molecule has 0 heterocycles. The molecule has 0 aromatic heterocycles. The van der Waals surface area contributed by atoms with E-state index in [1.807, 2.05) is 0 Å². The zero-order valence-electron chi connectivity index (χ0n) is 8.35. The first kappa shape index (κ1) is 9.90. The third kappa shape index (κ3) is 1.52. The Morgan fingerprint density at radius 1 is 1.64 bits per heavy atom. The van der Waals surface area contributed by atoms with E-state index in [0.717, 1.165) is 19.3 Å². The van der Waals surface area contributed by atoms with Crippen LogP contribution >= 0.6 is 0 Å². The molecule has 2 fully saturated rings. The molecule has 0 aromatic carbocycles. The van der Waals surface area contributed by atoms with Gasteiger partial charge in [0.05, 0.1) is 11.0 Å². The van der Waals surface area contributed by atoms with Crippen LogP contribution in [0.3, 0.4) is 0 Å². The zero-order valence-corrected chi connectivity index (χ0v) is 8.35. The van der Waals surface area contributed by atoms with Gasteiger partial charge in [0.2, 0.25) is 5.91 Å². The summed E-state index contributed by atoms with van der Waals surface area (Å²) in [6.45, 7) is 1.89. The van der Waals surface area contributed by atoms with Gasteiger partial charge in [0.25, 0.3) is 0 Å². The van der Waals surface area contributed by atoms with Gasteiger partial charge in [-0.2, -0.15) is 0 Å². The number of carbonyl (C=O) groups is 1. The standard InChI is InChI=1S/C10H16FNO2/c1-9(5-7(9)11)8(13)12-6-10(14)3-2-4-10/h7,14H,2-6H2,1H3,(H,12,13). The number of hydrogen-bond donors (Lipinski definition) is 2. The van der Waals surface area contributed by atoms with Gasteiger partial charge < -0.3 is 10.4 Å². The Labute approximate surface area is 82.7 Å². The number of amides is 1. The molecular formula is C10H16FNO2. The lowest BCUT2D eigenvalue weighted by molar-refractivity contribution is -0.128. The van der Waals surface area contributed by atoms with Crippen molar-refractivity contribution in [1.29, 1.82) is 0 Å². The summed E-state index contributed by atoms with van der Waals surface area (Å²) in [6.07, 6.45) is 1.80. The number of nitrogens with one attached hydrogen (secondary N) is 1. The maximum atomic E-state index is 12.8. The lowest BCUT2D eigenvalue weighted by Gasteiger charge is -2.36. The predicted molar refractivity (Wildman–Crippen MR) is 49.4 cm³/mol. The second-order valence-corrected chi connectivity index (χ2v) is 4.85. The van der Waals surface area contributed by atoms with E-state index in [4.69, 9.17) is 0 Å². The molecule has 14 heavy (non-hydrogen) atoms. The quantitative estimate of drug-likeness (QED) is 0.708. The average Bonchev–Trinajstić information content (AvgIpc) is 2.69. The van der Waals surface area contributed by atoms with Crippen LogP contribution in [0.5, 0.6) is 0 Å². The highest BCUT2D eigenvalue weighted by molar-refractivity contribution is 5.86. The topological polar surface area (TPSA) is 49.3 Å². The van der Waals surface area contributed by atoms with Crippen molar-refractivity contribution < 1.29 is 14.3 Å². The van der Waals surface area contributed by atoms with E-state index >= 15 is 0 Å². The molecule has 0 saturated heterocycles. The summed E-state index contributed by atoms with van der Waals surface area (Å²) in [7, 11) is 0. The number of hydrogen-bond acceptors (Lipinski definition) is 2. The fourth-order valence-corrected chi connectivity index (χ4v) is 1.76. The average molecular weight is 201 g/mol. The van der Waals surface area contributed by atoms with Gasteiger partial charge in [-0.25, -0.2) is 4.39 Å². The van der Waals surface area contributed by atoms with Crippen molar-refractivity contribution in [3.8, 4) is 0 Å². The Morgan fingerprint density at radius 2 is 2.21 bits per heavy atom. The molecule has 2 atom stereocenters. The Bertz CT molecular complexity index is 265. The zero-order chi connectivity index (χ0) is 10.4. The summed E-state index contributed by atoms with van der Waals surface area (Å²) in [5, 5.41) is 12.3. The lowest BCUT2D eigenvalue weighted by Crippen LogP contribution is -2.49. The molecule has 1 amide bonds. The largest absolute Gasteiger partial charge is 0.388 e. The monoisotopic (exact) mass is 201 g/mol. The van der Waals surface area contributed by atoms with Crippen LogP contribution in [0, 0.1) is 5.41 Å².